The normalized spacial score (nSPS) is 14.4. The van der Waals surface area contributed by atoms with Gasteiger partial charge in [0.1, 0.15) is 0 Å². The van der Waals surface area contributed by atoms with Crippen molar-refractivity contribution >= 4 is 11.8 Å². The average molecular weight is 570 g/mol. The lowest BCUT2D eigenvalue weighted by Crippen LogP contribution is -3.00. The molecule has 8 heteroatoms. The highest BCUT2D eigenvalue weighted by Gasteiger charge is 2.28. The van der Waals surface area contributed by atoms with Crippen LogP contribution in [0, 0.1) is 0 Å². The molecule has 1 heterocycles. The molecule has 0 saturated carbocycles. The van der Waals surface area contributed by atoms with E-state index in [1.807, 2.05) is 4.90 Å². The lowest BCUT2D eigenvalue weighted by Gasteiger charge is -2.36. The van der Waals surface area contributed by atoms with Gasteiger partial charge in [0.05, 0.1) is 20.1 Å². The van der Waals surface area contributed by atoms with Gasteiger partial charge in [-0.1, -0.05) is 96.8 Å². The van der Waals surface area contributed by atoms with Gasteiger partial charge >= 0.3 is 0 Å². The molecule has 0 aromatic heterocycles. The molecule has 0 bridgehead atoms. The van der Waals surface area contributed by atoms with Crippen molar-refractivity contribution in [1.82, 2.24) is 16.4 Å². The zero-order valence-corrected chi connectivity index (χ0v) is 26.4. The van der Waals surface area contributed by atoms with Gasteiger partial charge in [-0.05, 0) is 19.8 Å². The highest BCUT2D eigenvalue weighted by Crippen LogP contribution is 2.15. The molecule has 0 aromatic rings. The minimum absolute atomic E-state index is 0. The first kappa shape index (κ1) is 40.9. The van der Waals surface area contributed by atoms with Crippen LogP contribution in [-0.4, -0.2) is 61.1 Å². The Morgan fingerprint density at radius 2 is 1.30 bits per heavy atom. The summed E-state index contributed by atoms with van der Waals surface area (Å²) in [5.74, 6) is 0.504. The van der Waals surface area contributed by atoms with E-state index in [1.165, 1.54) is 89.9 Å². The van der Waals surface area contributed by atoms with Gasteiger partial charge in [0, 0.05) is 32.4 Å². The van der Waals surface area contributed by atoms with Crippen LogP contribution in [0.2, 0.25) is 0 Å². The lowest BCUT2D eigenvalue weighted by molar-refractivity contribution is -0.916. The number of hydrogen-bond donors (Lipinski definition) is 2. The fourth-order valence-electron chi connectivity index (χ4n) is 5.03. The van der Waals surface area contributed by atoms with Crippen LogP contribution in [0.4, 0.5) is 0 Å². The number of halogens is 2. The summed E-state index contributed by atoms with van der Waals surface area (Å²) >= 11 is 0. The minimum atomic E-state index is 0. The number of carbonyl (C=O) groups excluding carboxylic acids is 2. The molecule has 1 aliphatic heterocycles. The fraction of sp³-hybridized carbons (Fsp3) is 0.931. The molecule has 1 rings (SSSR count). The third kappa shape index (κ3) is 22.0. The average Bonchev–Trinajstić information content (AvgIpc) is 3.23. The number of quaternary nitrogens is 2. The second kappa shape index (κ2) is 27.0. The molecule has 37 heavy (non-hydrogen) atoms. The molecule has 1 atom stereocenters. The Morgan fingerprint density at radius 1 is 0.811 bits per heavy atom. The standard InChI is InChI=1S/C29H57N3O2.2ClH.H3N/c1-4-6-7-8-9-10-11-12-13-14-15-16-17-18-19-22-28(33)30-24-21-26-32(3,5-2)27-31-25-20-23-29(31)34;;;/h4-27H2,1-3H3;2*1H;1H3. The van der Waals surface area contributed by atoms with Crippen LogP contribution < -0.4 is 36.3 Å². The summed E-state index contributed by atoms with van der Waals surface area (Å²) in [7, 11) is 2.23. The number of unbranched alkanes of at least 4 members (excludes halogenated alkanes) is 14. The molecule has 0 aliphatic carbocycles. The highest BCUT2D eigenvalue weighted by atomic mass is 35.5. The molecule has 0 radical (unpaired) electrons. The zero-order valence-electron chi connectivity index (χ0n) is 24.9. The van der Waals surface area contributed by atoms with Crippen LogP contribution in [-0.2, 0) is 9.59 Å². The van der Waals surface area contributed by atoms with Gasteiger partial charge in [-0.15, -0.1) is 0 Å². The molecule has 1 saturated heterocycles. The largest absolute Gasteiger partial charge is 1.00 e. The van der Waals surface area contributed by atoms with Crippen molar-refractivity contribution in [3.8, 4) is 0 Å². The van der Waals surface area contributed by atoms with E-state index in [1.54, 1.807) is 0 Å². The molecule has 224 valence electrons. The first-order chi connectivity index (χ1) is 16.5. The number of amides is 2. The third-order valence-corrected chi connectivity index (χ3v) is 7.65. The predicted octanol–water partition coefficient (Wildman–Crippen LogP) is 1.18. The fourth-order valence-corrected chi connectivity index (χ4v) is 5.03. The van der Waals surface area contributed by atoms with E-state index >= 15 is 0 Å². The maximum atomic E-state index is 12.1. The Balaban J connectivity index is -0.00000385. The predicted molar refractivity (Wildman–Crippen MR) is 151 cm³/mol. The number of nitrogens with zero attached hydrogens (tertiary/aromatic N) is 2. The van der Waals surface area contributed by atoms with Crippen molar-refractivity contribution in [2.24, 2.45) is 0 Å². The molecule has 1 fully saturated rings. The Hall–Kier alpha value is -0.560. The van der Waals surface area contributed by atoms with E-state index in [0.29, 0.717) is 18.7 Å². The zero-order chi connectivity index (χ0) is 24.9. The van der Waals surface area contributed by atoms with Crippen molar-refractivity contribution in [1.29, 1.82) is 0 Å². The van der Waals surface area contributed by atoms with Crippen LogP contribution >= 0.6 is 0 Å². The molecule has 1 aliphatic rings. The van der Waals surface area contributed by atoms with Gasteiger partial charge in [-0.25, -0.2) is 0 Å². The quantitative estimate of drug-likeness (QED) is 0.143. The van der Waals surface area contributed by atoms with Crippen molar-refractivity contribution < 1.29 is 38.9 Å². The first-order valence-corrected chi connectivity index (χ1v) is 14.9. The number of nitrogens with one attached hydrogen (secondary N) is 1. The van der Waals surface area contributed by atoms with Gasteiger partial charge in [0.15, 0.2) is 6.67 Å². The maximum absolute atomic E-state index is 12.1. The van der Waals surface area contributed by atoms with Gasteiger partial charge in [0.25, 0.3) is 0 Å². The second-order valence-electron chi connectivity index (χ2n) is 11.0. The van der Waals surface area contributed by atoms with Crippen LogP contribution in [0.3, 0.4) is 0 Å². The number of likely N-dealkylation sites (tertiary alicyclic amines) is 1. The van der Waals surface area contributed by atoms with Crippen molar-refractivity contribution in [2.75, 3.05) is 39.9 Å². The smallest absolute Gasteiger partial charge is 0.226 e. The Kier molecular flexibility index (Phi) is 29.9. The molecule has 0 spiro atoms. The number of hydrogen-bond acceptors (Lipinski definition) is 2. The molecular formula is C29H62Cl2N4O2. The van der Waals surface area contributed by atoms with Crippen LogP contribution in [0.1, 0.15) is 136 Å². The third-order valence-electron chi connectivity index (χ3n) is 7.65. The topological polar surface area (TPSA) is 85.9 Å². The summed E-state index contributed by atoms with van der Waals surface area (Å²) in [5.41, 5.74) is 0. The SMILES string of the molecule is CCCCCCCCCCCCCCCCCC(=O)NCCC[N+](C)(CC)CN1CCCC1=O.[Cl-].[Cl-].[NH4+]. The lowest BCUT2D eigenvalue weighted by atomic mass is 10.0. The summed E-state index contributed by atoms with van der Waals surface area (Å²) < 4.78 is 0.876. The monoisotopic (exact) mass is 568 g/mol. The summed E-state index contributed by atoms with van der Waals surface area (Å²) in [6.07, 6.45) is 23.6. The van der Waals surface area contributed by atoms with Gasteiger partial charge < -0.3 is 40.8 Å². The van der Waals surface area contributed by atoms with E-state index in [4.69, 9.17) is 0 Å². The minimum Gasteiger partial charge on any atom is -1.00 e. The summed E-state index contributed by atoms with van der Waals surface area (Å²) in [5, 5.41) is 3.10. The molecule has 5 N–H and O–H groups in total. The van der Waals surface area contributed by atoms with Crippen molar-refractivity contribution in [3.63, 3.8) is 0 Å². The van der Waals surface area contributed by atoms with Crippen molar-refractivity contribution in [3.05, 3.63) is 0 Å². The van der Waals surface area contributed by atoms with Gasteiger partial charge in [-0.2, -0.15) is 0 Å². The molecular weight excluding hydrogens is 507 g/mol. The summed E-state index contributed by atoms with van der Waals surface area (Å²) in [6, 6.07) is 0. The molecule has 1 unspecified atom stereocenters. The van der Waals surface area contributed by atoms with E-state index in [9.17, 15) is 9.59 Å². The highest BCUT2D eigenvalue weighted by molar-refractivity contribution is 5.77. The van der Waals surface area contributed by atoms with Crippen LogP contribution in [0.5, 0.6) is 0 Å². The van der Waals surface area contributed by atoms with E-state index in [0.717, 1.165) is 56.6 Å². The Bertz CT molecular complexity index is 540. The Morgan fingerprint density at radius 3 is 1.73 bits per heavy atom. The van der Waals surface area contributed by atoms with Gasteiger partial charge in [-0.3, -0.25) is 14.5 Å². The summed E-state index contributed by atoms with van der Waals surface area (Å²) in [6.45, 7) is 8.94. The Labute approximate surface area is 242 Å². The van der Waals surface area contributed by atoms with E-state index in [2.05, 4.69) is 26.2 Å². The number of carbonyl (C=O) groups is 2. The molecule has 6 nitrogen and oxygen atoms in total. The summed E-state index contributed by atoms with van der Waals surface area (Å²) in [4.78, 5) is 26.1. The van der Waals surface area contributed by atoms with Crippen LogP contribution in [0.15, 0.2) is 0 Å². The maximum Gasteiger partial charge on any atom is 0.226 e. The van der Waals surface area contributed by atoms with Crippen molar-refractivity contribution in [2.45, 2.75) is 136 Å². The number of rotatable bonds is 23. The first-order valence-electron chi connectivity index (χ1n) is 14.9. The van der Waals surface area contributed by atoms with E-state index in [-0.39, 0.29) is 36.9 Å². The molecule has 2 amide bonds. The second-order valence-corrected chi connectivity index (χ2v) is 11.0. The van der Waals surface area contributed by atoms with E-state index < -0.39 is 0 Å². The van der Waals surface area contributed by atoms with Gasteiger partial charge in [0.2, 0.25) is 11.8 Å². The molecule has 0 aromatic carbocycles. The van der Waals surface area contributed by atoms with Crippen LogP contribution in [0.25, 0.3) is 0 Å².